The van der Waals surface area contributed by atoms with Gasteiger partial charge in [0.2, 0.25) is 0 Å². The SMILES string of the molecule is Cc1ccc2cc(C(c3nnnn3C3CCCCC3)N3CCCCCC3)c(=O)[nH]c2c1. The van der Waals surface area contributed by atoms with Gasteiger partial charge >= 0.3 is 0 Å². The number of aromatic amines is 1. The number of benzene rings is 1. The monoisotopic (exact) mass is 420 g/mol. The zero-order chi connectivity index (χ0) is 21.2. The Morgan fingerprint density at radius 3 is 2.52 bits per heavy atom. The topological polar surface area (TPSA) is 79.7 Å². The van der Waals surface area contributed by atoms with Crippen LogP contribution in [0.25, 0.3) is 10.9 Å². The van der Waals surface area contributed by atoms with Crippen molar-refractivity contribution >= 4 is 10.9 Å². The maximum absolute atomic E-state index is 13.3. The highest BCUT2D eigenvalue weighted by Crippen LogP contribution is 2.34. The number of nitrogens with zero attached hydrogens (tertiary/aromatic N) is 5. The maximum Gasteiger partial charge on any atom is 0.253 e. The molecule has 7 nitrogen and oxygen atoms in total. The largest absolute Gasteiger partial charge is 0.322 e. The van der Waals surface area contributed by atoms with Crippen LogP contribution in [-0.4, -0.2) is 43.2 Å². The molecule has 1 atom stereocenters. The van der Waals surface area contributed by atoms with E-state index >= 15 is 0 Å². The summed E-state index contributed by atoms with van der Waals surface area (Å²) in [4.78, 5) is 18.9. The fraction of sp³-hybridized carbons (Fsp3) is 0.583. The molecule has 3 aromatic rings. The van der Waals surface area contributed by atoms with Gasteiger partial charge in [0.25, 0.3) is 5.56 Å². The van der Waals surface area contributed by atoms with Gasteiger partial charge in [-0.1, -0.05) is 44.2 Å². The van der Waals surface area contributed by atoms with Crippen LogP contribution in [0.4, 0.5) is 0 Å². The Balaban J connectivity index is 1.63. The summed E-state index contributed by atoms with van der Waals surface area (Å²) in [5, 5.41) is 14.1. The number of aryl methyl sites for hydroxylation is 1. The van der Waals surface area contributed by atoms with Gasteiger partial charge in [-0.05, 0) is 79.2 Å². The van der Waals surface area contributed by atoms with Crippen molar-refractivity contribution in [3.8, 4) is 0 Å². The van der Waals surface area contributed by atoms with Crippen LogP contribution in [0.5, 0.6) is 0 Å². The van der Waals surface area contributed by atoms with Crippen LogP contribution in [0.2, 0.25) is 0 Å². The van der Waals surface area contributed by atoms with E-state index in [0.29, 0.717) is 6.04 Å². The molecule has 1 unspecified atom stereocenters. The normalized spacial score (nSPS) is 20.0. The minimum Gasteiger partial charge on any atom is -0.322 e. The highest BCUT2D eigenvalue weighted by atomic mass is 16.1. The average Bonchev–Trinajstić information content (AvgIpc) is 3.10. The summed E-state index contributed by atoms with van der Waals surface area (Å²) in [7, 11) is 0. The summed E-state index contributed by atoms with van der Waals surface area (Å²) < 4.78 is 2.04. The maximum atomic E-state index is 13.3. The van der Waals surface area contributed by atoms with Crippen molar-refractivity contribution in [3.05, 3.63) is 51.6 Å². The van der Waals surface area contributed by atoms with Crippen LogP contribution in [0, 0.1) is 6.92 Å². The Labute approximate surface area is 182 Å². The van der Waals surface area contributed by atoms with Crippen LogP contribution in [0.15, 0.2) is 29.1 Å². The molecule has 1 N–H and O–H groups in total. The van der Waals surface area contributed by atoms with E-state index in [1.807, 2.05) is 17.7 Å². The molecule has 1 aliphatic heterocycles. The minimum atomic E-state index is -0.218. The second-order valence-corrected chi connectivity index (χ2v) is 9.27. The van der Waals surface area contributed by atoms with Gasteiger partial charge < -0.3 is 4.98 Å². The van der Waals surface area contributed by atoms with Gasteiger partial charge in [0.15, 0.2) is 5.82 Å². The summed E-state index contributed by atoms with van der Waals surface area (Å²) in [6, 6.07) is 8.39. The number of tetrazole rings is 1. The Kier molecular flexibility index (Phi) is 5.85. The molecule has 1 saturated carbocycles. The summed E-state index contributed by atoms with van der Waals surface area (Å²) in [5.41, 5.74) is 2.74. The highest BCUT2D eigenvalue weighted by Gasteiger charge is 2.33. The predicted molar refractivity (Wildman–Crippen MR) is 121 cm³/mol. The number of likely N-dealkylation sites (tertiary alicyclic amines) is 1. The summed E-state index contributed by atoms with van der Waals surface area (Å²) >= 11 is 0. The van der Waals surface area contributed by atoms with E-state index in [1.165, 1.54) is 32.1 Å². The number of rotatable bonds is 4. The van der Waals surface area contributed by atoms with Crippen molar-refractivity contribution in [1.82, 2.24) is 30.1 Å². The summed E-state index contributed by atoms with van der Waals surface area (Å²) in [5.74, 6) is 0.825. The zero-order valence-corrected chi connectivity index (χ0v) is 18.4. The summed E-state index contributed by atoms with van der Waals surface area (Å²) in [6.07, 6.45) is 10.7. The zero-order valence-electron chi connectivity index (χ0n) is 18.4. The van der Waals surface area contributed by atoms with Gasteiger partial charge in [-0.15, -0.1) is 5.10 Å². The molecule has 0 spiro atoms. The van der Waals surface area contributed by atoms with Gasteiger partial charge in [0.05, 0.1) is 6.04 Å². The predicted octanol–water partition coefficient (Wildman–Crippen LogP) is 4.29. The van der Waals surface area contributed by atoms with Crippen LogP contribution in [0.3, 0.4) is 0 Å². The summed E-state index contributed by atoms with van der Waals surface area (Å²) in [6.45, 7) is 3.98. The van der Waals surface area contributed by atoms with Crippen molar-refractivity contribution in [2.75, 3.05) is 13.1 Å². The number of aromatic nitrogens is 5. The molecular weight excluding hydrogens is 388 g/mol. The van der Waals surface area contributed by atoms with E-state index in [9.17, 15) is 4.79 Å². The van der Waals surface area contributed by atoms with E-state index in [0.717, 1.165) is 66.6 Å². The second kappa shape index (κ2) is 8.91. The molecule has 0 bridgehead atoms. The third-order valence-electron chi connectivity index (χ3n) is 7.01. The van der Waals surface area contributed by atoms with Crippen LogP contribution >= 0.6 is 0 Å². The molecule has 164 valence electrons. The lowest BCUT2D eigenvalue weighted by Crippen LogP contribution is -2.36. The van der Waals surface area contributed by atoms with Crippen LogP contribution in [0.1, 0.15) is 86.8 Å². The van der Waals surface area contributed by atoms with Crippen molar-refractivity contribution in [3.63, 3.8) is 0 Å². The lowest BCUT2D eigenvalue weighted by molar-refractivity contribution is 0.210. The first-order valence-electron chi connectivity index (χ1n) is 11.9. The number of hydrogen-bond donors (Lipinski definition) is 1. The van der Waals surface area contributed by atoms with Crippen molar-refractivity contribution in [1.29, 1.82) is 0 Å². The van der Waals surface area contributed by atoms with E-state index in [2.05, 4.69) is 43.6 Å². The Morgan fingerprint density at radius 1 is 1.00 bits per heavy atom. The fourth-order valence-electron chi connectivity index (χ4n) is 5.35. The van der Waals surface area contributed by atoms with E-state index in [4.69, 9.17) is 0 Å². The number of H-pyrrole nitrogens is 1. The molecule has 1 saturated heterocycles. The van der Waals surface area contributed by atoms with E-state index in [-0.39, 0.29) is 11.6 Å². The lowest BCUT2D eigenvalue weighted by Gasteiger charge is -2.31. The first-order valence-corrected chi connectivity index (χ1v) is 11.9. The molecule has 1 aromatic carbocycles. The van der Waals surface area contributed by atoms with Gasteiger partial charge in [-0.2, -0.15) is 0 Å². The van der Waals surface area contributed by atoms with Crippen LogP contribution < -0.4 is 5.56 Å². The van der Waals surface area contributed by atoms with Gasteiger partial charge in [-0.25, -0.2) is 4.68 Å². The molecule has 2 aliphatic rings. The molecule has 1 aliphatic carbocycles. The molecule has 31 heavy (non-hydrogen) atoms. The Morgan fingerprint density at radius 2 is 1.74 bits per heavy atom. The number of pyridine rings is 1. The molecule has 3 heterocycles. The van der Waals surface area contributed by atoms with Crippen LogP contribution in [-0.2, 0) is 0 Å². The minimum absolute atomic E-state index is 0.0365. The second-order valence-electron chi connectivity index (χ2n) is 9.27. The number of hydrogen-bond acceptors (Lipinski definition) is 5. The average molecular weight is 421 g/mol. The number of nitrogens with one attached hydrogen (secondary N) is 1. The molecule has 5 rings (SSSR count). The van der Waals surface area contributed by atoms with Crippen molar-refractivity contribution in [2.45, 2.75) is 76.8 Å². The van der Waals surface area contributed by atoms with Crippen molar-refractivity contribution in [2.24, 2.45) is 0 Å². The van der Waals surface area contributed by atoms with Crippen molar-refractivity contribution < 1.29 is 0 Å². The molecule has 0 radical (unpaired) electrons. The highest BCUT2D eigenvalue weighted by molar-refractivity contribution is 5.79. The fourth-order valence-corrected chi connectivity index (χ4v) is 5.35. The Hall–Kier alpha value is -2.54. The molecule has 7 heteroatoms. The lowest BCUT2D eigenvalue weighted by atomic mass is 9.95. The first-order chi connectivity index (χ1) is 15.2. The Bertz CT molecular complexity index is 1090. The van der Waals surface area contributed by atoms with Gasteiger partial charge in [0.1, 0.15) is 6.04 Å². The van der Waals surface area contributed by atoms with E-state index < -0.39 is 0 Å². The molecule has 2 aromatic heterocycles. The number of fused-ring (bicyclic) bond motifs is 1. The molecule has 0 amide bonds. The third kappa shape index (κ3) is 4.15. The third-order valence-corrected chi connectivity index (χ3v) is 7.01. The van der Waals surface area contributed by atoms with Gasteiger partial charge in [-0.3, -0.25) is 9.69 Å². The standard InChI is InChI=1S/C24H32N6O/c1-17-11-12-18-16-20(24(31)25-21(18)15-17)22(29-13-7-2-3-8-14-29)23-26-27-28-30(23)19-9-5-4-6-10-19/h11-12,15-16,19,22H,2-10,13-14H2,1H3,(H,25,31). The molecule has 2 fully saturated rings. The first kappa shape index (κ1) is 20.4. The smallest absolute Gasteiger partial charge is 0.253 e. The molecular formula is C24H32N6O. The quantitative estimate of drug-likeness (QED) is 0.681. The van der Waals surface area contributed by atoms with Gasteiger partial charge in [0, 0.05) is 11.1 Å². The van der Waals surface area contributed by atoms with E-state index in [1.54, 1.807) is 0 Å².